The van der Waals surface area contributed by atoms with Crippen LogP contribution >= 0.6 is 0 Å². The predicted molar refractivity (Wildman–Crippen MR) is 92.0 cm³/mol. The van der Waals surface area contributed by atoms with Gasteiger partial charge < -0.3 is 20.0 Å². The van der Waals surface area contributed by atoms with Crippen LogP contribution in [0.5, 0.6) is 0 Å². The molecule has 0 unspecified atom stereocenters. The number of nitrogens with one attached hydrogen (secondary N) is 2. The molecule has 0 radical (unpaired) electrons. The Morgan fingerprint density at radius 2 is 1.92 bits per heavy atom. The van der Waals surface area contributed by atoms with Crippen LogP contribution in [0.2, 0.25) is 0 Å². The van der Waals surface area contributed by atoms with Crippen molar-refractivity contribution < 1.29 is 14.0 Å². The summed E-state index contributed by atoms with van der Waals surface area (Å²) in [6.07, 6.45) is 1.41. The zero-order valence-electron chi connectivity index (χ0n) is 14.2. The third-order valence-corrected chi connectivity index (χ3v) is 3.42. The van der Waals surface area contributed by atoms with E-state index in [9.17, 15) is 9.59 Å². The molecule has 0 bridgehead atoms. The van der Waals surface area contributed by atoms with Crippen LogP contribution in [0.4, 0.5) is 11.6 Å². The first-order chi connectivity index (χ1) is 11.4. The quantitative estimate of drug-likeness (QED) is 0.847. The average Bonchev–Trinajstić information content (AvgIpc) is 3.06. The van der Waals surface area contributed by atoms with Gasteiger partial charge in [0.05, 0.1) is 6.26 Å². The smallest absolute Gasteiger partial charge is 0.287 e. The Bertz CT molecular complexity index is 696. The van der Waals surface area contributed by atoms with Gasteiger partial charge in [-0.25, -0.2) is 4.98 Å². The van der Waals surface area contributed by atoms with E-state index in [1.165, 1.54) is 6.26 Å². The number of aromatic nitrogens is 1. The molecule has 2 aromatic rings. The molecule has 0 fully saturated rings. The van der Waals surface area contributed by atoms with Gasteiger partial charge in [-0.15, -0.1) is 0 Å². The molecule has 24 heavy (non-hydrogen) atoms. The SMILES string of the molecule is CC(C)[C@@H](NC(=O)c1ccco1)C(=O)Nc1cccc(N(C)C)n1. The number of hydrogen-bond donors (Lipinski definition) is 2. The topological polar surface area (TPSA) is 87.5 Å². The van der Waals surface area contributed by atoms with Crippen LogP contribution in [-0.4, -0.2) is 36.9 Å². The summed E-state index contributed by atoms with van der Waals surface area (Å²) in [5.74, 6) is 0.483. The molecule has 2 aromatic heterocycles. The third kappa shape index (κ3) is 4.34. The fourth-order valence-electron chi connectivity index (χ4n) is 2.10. The van der Waals surface area contributed by atoms with Crippen molar-refractivity contribution >= 4 is 23.5 Å². The van der Waals surface area contributed by atoms with Crippen molar-refractivity contribution in [1.29, 1.82) is 0 Å². The third-order valence-electron chi connectivity index (χ3n) is 3.42. The van der Waals surface area contributed by atoms with Crippen LogP contribution < -0.4 is 15.5 Å². The van der Waals surface area contributed by atoms with Gasteiger partial charge in [-0.05, 0) is 30.2 Å². The molecule has 2 amide bonds. The molecule has 0 aliphatic rings. The van der Waals surface area contributed by atoms with Gasteiger partial charge in [0.1, 0.15) is 17.7 Å². The van der Waals surface area contributed by atoms with Crippen molar-refractivity contribution in [2.75, 3.05) is 24.3 Å². The van der Waals surface area contributed by atoms with Gasteiger partial charge in [0.15, 0.2) is 5.76 Å². The number of pyridine rings is 1. The minimum atomic E-state index is -0.701. The highest BCUT2D eigenvalue weighted by atomic mass is 16.3. The average molecular weight is 330 g/mol. The minimum Gasteiger partial charge on any atom is -0.459 e. The maximum Gasteiger partial charge on any atom is 0.287 e. The first kappa shape index (κ1) is 17.5. The van der Waals surface area contributed by atoms with Gasteiger partial charge in [0.25, 0.3) is 5.91 Å². The Kier molecular flexibility index (Phi) is 5.57. The van der Waals surface area contributed by atoms with Gasteiger partial charge in [0.2, 0.25) is 5.91 Å². The van der Waals surface area contributed by atoms with Gasteiger partial charge >= 0.3 is 0 Å². The minimum absolute atomic E-state index is 0.0963. The Hall–Kier alpha value is -2.83. The van der Waals surface area contributed by atoms with Gasteiger partial charge in [-0.1, -0.05) is 19.9 Å². The molecule has 7 nitrogen and oxygen atoms in total. The fraction of sp³-hybridized carbons (Fsp3) is 0.353. The van der Waals surface area contributed by atoms with E-state index in [0.717, 1.165) is 5.82 Å². The first-order valence-corrected chi connectivity index (χ1v) is 7.68. The summed E-state index contributed by atoms with van der Waals surface area (Å²) in [5.41, 5.74) is 0. The second-order valence-electron chi connectivity index (χ2n) is 5.94. The number of anilines is 2. The van der Waals surface area contributed by atoms with Crippen molar-refractivity contribution in [3.8, 4) is 0 Å². The van der Waals surface area contributed by atoms with Gasteiger partial charge in [-0.3, -0.25) is 9.59 Å². The number of hydrogen-bond acceptors (Lipinski definition) is 5. The molecule has 7 heteroatoms. The van der Waals surface area contributed by atoms with Crippen molar-refractivity contribution in [3.63, 3.8) is 0 Å². The van der Waals surface area contributed by atoms with Gasteiger partial charge in [-0.2, -0.15) is 0 Å². The van der Waals surface area contributed by atoms with E-state index in [2.05, 4.69) is 15.6 Å². The molecule has 0 saturated heterocycles. The second-order valence-corrected chi connectivity index (χ2v) is 5.94. The molecular weight excluding hydrogens is 308 g/mol. The molecule has 0 saturated carbocycles. The van der Waals surface area contributed by atoms with Crippen LogP contribution in [-0.2, 0) is 4.79 Å². The van der Waals surface area contributed by atoms with Crippen molar-refractivity contribution in [1.82, 2.24) is 10.3 Å². The Labute approximate surface area is 141 Å². The summed E-state index contributed by atoms with van der Waals surface area (Å²) in [6.45, 7) is 3.71. The number of carbonyl (C=O) groups excluding carboxylic acids is 2. The zero-order valence-corrected chi connectivity index (χ0v) is 14.2. The van der Waals surface area contributed by atoms with Crippen molar-refractivity contribution in [3.05, 3.63) is 42.4 Å². The van der Waals surface area contributed by atoms with Crippen LogP contribution in [0, 0.1) is 5.92 Å². The number of amides is 2. The summed E-state index contributed by atoms with van der Waals surface area (Å²) >= 11 is 0. The standard InChI is InChI=1S/C17H22N4O3/c1-11(2)15(20-16(22)12-7-6-10-24-12)17(23)19-13-8-5-9-14(18-13)21(3)4/h5-11,15H,1-4H3,(H,20,22)(H,18,19,23)/t15-/m1/s1. The van der Waals surface area contributed by atoms with E-state index in [0.29, 0.717) is 5.82 Å². The van der Waals surface area contributed by atoms with E-state index in [1.807, 2.05) is 45.0 Å². The highest BCUT2D eigenvalue weighted by molar-refractivity contribution is 5.99. The van der Waals surface area contributed by atoms with Crippen LogP contribution in [0.1, 0.15) is 24.4 Å². The number of nitrogens with zero attached hydrogens (tertiary/aromatic N) is 2. The van der Waals surface area contributed by atoms with E-state index in [4.69, 9.17) is 4.42 Å². The maximum atomic E-state index is 12.5. The Morgan fingerprint density at radius 3 is 2.50 bits per heavy atom. The lowest BCUT2D eigenvalue weighted by Gasteiger charge is -2.21. The summed E-state index contributed by atoms with van der Waals surface area (Å²) in [4.78, 5) is 30.8. The molecule has 0 aromatic carbocycles. The maximum absolute atomic E-state index is 12.5. The second kappa shape index (κ2) is 7.63. The summed E-state index contributed by atoms with van der Waals surface area (Å²) < 4.78 is 5.05. The van der Waals surface area contributed by atoms with E-state index >= 15 is 0 Å². The lowest BCUT2D eigenvalue weighted by Crippen LogP contribution is -2.47. The lowest BCUT2D eigenvalue weighted by molar-refractivity contribution is -0.118. The lowest BCUT2D eigenvalue weighted by atomic mass is 10.0. The zero-order chi connectivity index (χ0) is 17.7. The number of carbonyl (C=O) groups is 2. The molecule has 2 rings (SSSR count). The van der Waals surface area contributed by atoms with Crippen molar-refractivity contribution in [2.45, 2.75) is 19.9 Å². The molecule has 0 aliphatic carbocycles. The van der Waals surface area contributed by atoms with Crippen LogP contribution in [0.3, 0.4) is 0 Å². The van der Waals surface area contributed by atoms with Crippen LogP contribution in [0.25, 0.3) is 0 Å². The highest BCUT2D eigenvalue weighted by Crippen LogP contribution is 2.13. The number of furan rings is 1. The van der Waals surface area contributed by atoms with E-state index in [-0.39, 0.29) is 17.6 Å². The summed E-state index contributed by atoms with van der Waals surface area (Å²) in [6, 6.07) is 7.82. The molecule has 0 spiro atoms. The Balaban J connectivity index is 2.09. The monoisotopic (exact) mass is 330 g/mol. The molecule has 0 aliphatic heterocycles. The normalized spacial score (nSPS) is 11.9. The molecule has 2 N–H and O–H groups in total. The number of rotatable bonds is 6. The molecular formula is C17H22N4O3. The largest absolute Gasteiger partial charge is 0.459 e. The van der Waals surface area contributed by atoms with Crippen molar-refractivity contribution in [2.24, 2.45) is 5.92 Å². The van der Waals surface area contributed by atoms with Gasteiger partial charge in [0, 0.05) is 14.1 Å². The Morgan fingerprint density at radius 1 is 1.17 bits per heavy atom. The fourth-order valence-corrected chi connectivity index (χ4v) is 2.10. The summed E-state index contributed by atoms with van der Waals surface area (Å²) in [5, 5.41) is 5.44. The molecule has 2 heterocycles. The molecule has 1 atom stereocenters. The van der Waals surface area contributed by atoms with E-state index < -0.39 is 11.9 Å². The van der Waals surface area contributed by atoms with E-state index in [1.54, 1.807) is 18.2 Å². The summed E-state index contributed by atoms with van der Waals surface area (Å²) in [7, 11) is 3.74. The van der Waals surface area contributed by atoms with Crippen LogP contribution in [0.15, 0.2) is 41.0 Å². The molecule has 128 valence electrons. The first-order valence-electron chi connectivity index (χ1n) is 7.68. The highest BCUT2D eigenvalue weighted by Gasteiger charge is 2.26. The predicted octanol–water partition coefficient (Wildman–Crippen LogP) is 2.13.